The fourth-order valence-electron chi connectivity index (χ4n) is 4.31. The van der Waals surface area contributed by atoms with Crippen molar-refractivity contribution in [3.05, 3.63) is 54.1 Å². The van der Waals surface area contributed by atoms with E-state index in [1.807, 2.05) is 11.8 Å². The second-order valence-electron chi connectivity index (χ2n) is 8.80. The van der Waals surface area contributed by atoms with Crippen molar-refractivity contribution < 1.29 is 40.4 Å². The second-order valence-corrected chi connectivity index (χ2v) is 11.1. The first-order valence-electron chi connectivity index (χ1n) is 11.3. The molecular weight excluding hydrogens is 507 g/mol. The van der Waals surface area contributed by atoms with Gasteiger partial charge in [-0.25, -0.2) is 13.9 Å². The molecule has 1 heterocycles. The Morgan fingerprint density at radius 3 is 1.92 bits per heavy atom. The molecule has 3 rings (SSSR count). The Morgan fingerprint density at radius 2 is 1.47 bits per heavy atom. The number of likely N-dealkylation sites (tertiary alicyclic amines) is 1. The summed E-state index contributed by atoms with van der Waals surface area (Å²) in [6.07, 6.45) is -7.38. The molecule has 36 heavy (non-hydrogen) atoms. The van der Waals surface area contributed by atoms with Gasteiger partial charge in [-0.05, 0) is 54.6 Å². The number of carbonyl (C=O) groups excluding carboxylic acids is 1. The SMILES string of the molecule is CCN1CCC(C(=O)NO)(S(=O)(=O)c2ccc(-c3ccc(CCC(F)(F)C(F)(F)F)cc3)cc2)CC1. The Bertz CT molecular complexity index is 1160. The Hall–Kier alpha value is -2.57. The molecule has 1 saturated heterocycles. The summed E-state index contributed by atoms with van der Waals surface area (Å²) in [5.41, 5.74) is 3.00. The number of piperidine rings is 1. The third-order valence-corrected chi connectivity index (χ3v) is 9.25. The average Bonchev–Trinajstić information content (AvgIpc) is 2.86. The highest BCUT2D eigenvalue weighted by Crippen LogP contribution is 2.39. The first-order valence-corrected chi connectivity index (χ1v) is 12.8. The van der Waals surface area contributed by atoms with Gasteiger partial charge in [0.25, 0.3) is 5.91 Å². The van der Waals surface area contributed by atoms with E-state index in [9.17, 15) is 40.4 Å². The standard InChI is InChI=1S/C24H27F5N2O4S/c1-2-31-15-13-22(14-16-31,21(32)30-33)36(34,35)20-9-7-19(8-10-20)18-5-3-17(4-6-18)11-12-23(25,26)24(27,28)29/h3-10,33H,2,11-16H2,1H3,(H,30,32). The number of benzene rings is 2. The Kier molecular flexibility index (Phi) is 8.11. The summed E-state index contributed by atoms with van der Waals surface area (Å²) in [6.45, 7) is 3.39. The molecule has 2 aromatic carbocycles. The van der Waals surface area contributed by atoms with Crippen LogP contribution in [-0.4, -0.2) is 60.9 Å². The lowest BCUT2D eigenvalue weighted by molar-refractivity contribution is -0.284. The maximum atomic E-state index is 13.5. The molecule has 0 unspecified atom stereocenters. The summed E-state index contributed by atoms with van der Waals surface area (Å²) in [5, 5.41) is 9.25. The Morgan fingerprint density at radius 1 is 0.972 bits per heavy atom. The number of rotatable bonds is 8. The van der Waals surface area contributed by atoms with E-state index in [1.165, 1.54) is 41.9 Å². The summed E-state index contributed by atoms with van der Waals surface area (Å²) in [6, 6.07) is 11.7. The number of halogens is 5. The van der Waals surface area contributed by atoms with Crippen LogP contribution in [-0.2, 0) is 21.1 Å². The summed E-state index contributed by atoms with van der Waals surface area (Å²) in [7, 11) is -4.17. The number of nitrogens with zero attached hydrogens (tertiary/aromatic N) is 1. The topological polar surface area (TPSA) is 86.7 Å². The summed E-state index contributed by atoms with van der Waals surface area (Å²) in [4.78, 5) is 14.4. The molecule has 0 aliphatic carbocycles. The number of alkyl halides is 5. The first-order chi connectivity index (χ1) is 16.8. The van der Waals surface area contributed by atoms with Crippen molar-refractivity contribution >= 4 is 15.7 Å². The van der Waals surface area contributed by atoms with Crippen LogP contribution >= 0.6 is 0 Å². The molecule has 0 spiro atoms. The lowest BCUT2D eigenvalue weighted by Gasteiger charge is -2.39. The van der Waals surface area contributed by atoms with Crippen LogP contribution in [0.1, 0.15) is 31.7 Å². The van der Waals surface area contributed by atoms with Gasteiger partial charge in [0.15, 0.2) is 14.6 Å². The van der Waals surface area contributed by atoms with Crippen LogP contribution < -0.4 is 5.48 Å². The predicted molar refractivity (Wildman–Crippen MR) is 122 cm³/mol. The zero-order chi connectivity index (χ0) is 26.8. The number of nitrogens with one attached hydrogen (secondary N) is 1. The molecule has 1 amide bonds. The van der Waals surface area contributed by atoms with Crippen molar-refractivity contribution in [2.24, 2.45) is 0 Å². The summed E-state index contributed by atoms with van der Waals surface area (Å²) < 4.78 is 88.5. The third kappa shape index (κ3) is 5.40. The van der Waals surface area contributed by atoms with Gasteiger partial charge in [-0.15, -0.1) is 0 Å². The minimum Gasteiger partial charge on any atom is -0.303 e. The van der Waals surface area contributed by atoms with Gasteiger partial charge in [0.05, 0.1) is 4.90 Å². The Balaban J connectivity index is 1.79. The van der Waals surface area contributed by atoms with Crippen LogP contribution in [0.5, 0.6) is 0 Å². The molecular formula is C24H27F5N2O4S. The summed E-state index contributed by atoms with van der Waals surface area (Å²) >= 11 is 0. The molecule has 0 saturated carbocycles. The predicted octanol–water partition coefficient (Wildman–Crippen LogP) is 4.62. The van der Waals surface area contributed by atoms with E-state index in [1.54, 1.807) is 12.1 Å². The molecule has 1 aliphatic heterocycles. The van der Waals surface area contributed by atoms with Gasteiger partial charge in [0.2, 0.25) is 0 Å². The largest absolute Gasteiger partial charge is 0.453 e. The number of hydroxylamine groups is 1. The van der Waals surface area contributed by atoms with E-state index < -0.39 is 45.4 Å². The van der Waals surface area contributed by atoms with Gasteiger partial charge in [-0.1, -0.05) is 43.3 Å². The van der Waals surface area contributed by atoms with Gasteiger partial charge in [0, 0.05) is 19.5 Å². The summed E-state index contributed by atoms with van der Waals surface area (Å²) in [5.74, 6) is -5.75. The molecule has 12 heteroatoms. The number of sulfone groups is 1. The van der Waals surface area contributed by atoms with Crippen molar-refractivity contribution in [1.29, 1.82) is 0 Å². The molecule has 0 aromatic heterocycles. The molecule has 198 valence electrons. The maximum absolute atomic E-state index is 13.5. The van der Waals surface area contributed by atoms with E-state index >= 15 is 0 Å². The molecule has 1 fully saturated rings. The van der Waals surface area contributed by atoms with E-state index in [0.717, 1.165) is 0 Å². The van der Waals surface area contributed by atoms with Gasteiger partial charge in [-0.2, -0.15) is 22.0 Å². The fourth-order valence-corrected chi connectivity index (χ4v) is 6.26. The number of hydrogen-bond acceptors (Lipinski definition) is 5. The molecule has 0 radical (unpaired) electrons. The van der Waals surface area contributed by atoms with Crippen molar-refractivity contribution in [3.63, 3.8) is 0 Å². The van der Waals surface area contributed by atoms with Gasteiger partial charge >= 0.3 is 12.1 Å². The van der Waals surface area contributed by atoms with Crippen molar-refractivity contribution in [1.82, 2.24) is 10.4 Å². The first kappa shape index (κ1) is 28.0. The zero-order valence-corrected chi connectivity index (χ0v) is 20.3. The highest BCUT2D eigenvalue weighted by molar-refractivity contribution is 7.93. The highest BCUT2D eigenvalue weighted by atomic mass is 32.2. The number of aryl methyl sites for hydroxylation is 1. The lowest BCUT2D eigenvalue weighted by atomic mass is 9.95. The average molecular weight is 535 g/mol. The van der Waals surface area contributed by atoms with Crippen molar-refractivity contribution in [2.45, 2.75) is 54.3 Å². The smallest absolute Gasteiger partial charge is 0.303 e. The van der Waals surface area contributed by atoms with E-state index in [2.05, 4.69) is 0 Å². The van der Waals surface area contributed by atoms with Crippen LogP contribution in [0.3, 0.4) is 0 Å². The lowest BCUT2D eigenvalue weighted by Crippen LogP contribution is -2.57. The van der Waals surface area contributed by atoms with E-state index in [4.69, 9.17) is 0 Å². The van der Waals surface area contributed by atoms with Crippen LogP contribution in [0.4, 0.5) is 22.0 Å². The van der Waals surface area contributed by atoms with Gasteiger partial charge in [-0.3, -0.25) is 10.0 Å². The van der Waals surface area contributed by atoms with Crippen LogP contribution in [0.2, 0.25) is 0 Å². The van der Waals surface area contributed by atoms with Crippen LogP contribution in [0, 0.1) is 0 Å². The van der Waals surface area contributed by atoms with Gasteiger partial charge in [0.1, 0.15) is 0 Å². The maximum Gasteiger partial charge on any atom is 0.453 e. The molecule has 0 bridgehead atoms. The van der Waals surface area contributed by atoms with Crippen LogP contribution in [0.15, 0.2) is 53.4 Å². The monoisotopic (exact) mass is 534 g/mol. The minimum atomic E-state index is -5.60. The van der Waals surface area contributed by atoms with Gasteiger partial charge < -0.3 is 4.90 Å². The third-order valence-electron chi connectivity index (χ3n) is 6.73. The quantitative estimate of drug-likeness (QED) is 0.293. The van der Waals surface area contributed by atoms with Crippen LogP contribution in [0.25, 0.3) is 11.1 Å². The van der Waals surface area contributed by atoms with Crippen molar-refractivity contribution in [2.75, 3.05) is 19.6 Å². The number of amides is 1. The molecule has 0 atom stereocenters. The fraction of sp³-hybridized carbons (Fsp3) is 0.458. The minimum absolute atomic E-state index is 0.0200. The number of carbonyl (C=O) groups is 1. The van der Waals surface area contributed by atoms with E-state index in [-0.39, 0.29) is 17.7 Å². The molecule has 6 nitrogen and oxygen atoms in total. The normalized spacial score (nSPS) is 17.1. The molecule has 2 aromatic rings. The van der Waals surface area contributed by atoms with E-state index in [0.29, 0.717) is 36.3 Å². The molecule has 1 aliphatic rings. The molecule has 2 N–H and O–H groups in total. The Labute approximate surface area is 206 Å². The second kappa shape index (κ2) is 10.4. The highest BCUT2D eigenvalue weighted by Gasteiger charge is 2.56. The zero-order valence-electron chi connectivity index (χ0n) is 19.5. The number of hydrogen-bond donors (Lipinski definition) is 2. The van der Waals surface area contributed by atoms with Crippen molar-refractivity contribution in [3.8, 4) is 11.1 Å².